The molecule has 0 aromatic carbocycles. The third-order valence-electron chi connectivity index (χ3n) is 0.968. The Morgan fingerprint density at radius 2 is 2.43 bits per heavy atom. The molecule has 1 fully saturated rings. The molecule has 1 rings (SSSR count). The number of ether oxygens (including phenoxy) is 2. The lowest BCUT2D eigenvalue weighted by atomic mass is 10.7. The Labute approximate surface area is 42.6 Å². The Balaban J connectivity index is 2.06. The van der Waals surface area contributed by atoms with E-state index in [4.69, 9.17) is 9.47 Å². The molecule has 0 spiro atoms. The van der Waals surface area contributed by atoms with Crippen LogP contribution in [0.5, 0.6) is 0 Å². The monoisotopic (exact) mass is 103 g/mol. The summed E-state index contributed by atoms with van der Waals surface area (Å²) in [7, 11) is 3.46. The van der Waals surface area contributed by atoms with Gasteiger partial charge < -0.3 is 9.47 Å². The average Bonchev–Trinajstić information content (AvgIpc) is 2.43. The summed E-state index contributed by atoms with van der Waals surface area (Å²) in [6.07, 6.45) is 0.148. The first-order valence-electron chi connectivity index (χ1n) is 2.24. The highest BCUT2D eigenvalue weighted by Crippen LogP contribution is 2.17. The summed E-state index contributed by atoms with van der Waals surface area (Å²) in [4.78, 5) is 0. The van der Waals surface area contributed by atoms with Crippen LogP contribution in [0.15, 0.2) is 0 Å². The van der Waals surface area contributed by atoms with E-state index in [1.165, 1.54) is 0 Å². The summed E-state index contributed by atoms with van der Waals surface area (Å²) in [6, 6.07) is 0. The molecule has 1 saturated heterocycles. The van der Waals surface area contributed by atoms with Gasteiger partial charge in [-0.2, -0.15) is 0 Å². The molecule has 0 radical (unpaired) electrons. The molecular formula is C4H9NO2. The molecule has 0 aromatic heterocycles. The number of hydrogen-bond acceptors (Lipinski definition) is 3. The van der Waals surface area contributed by atoms with E-state index >= 15 is 0 Å². The number of likely N-dealkylation sites (N-methyl/N-ethyl adjacent to an activating group) is 1. The SMILES string of the molecule is CNC1OC1OC. The Morgan fingerprint density at radius 1 is 1.71 bits per heavy atom. The fourth-order valence-corrected chi connectivity index (χ4v) is 0.482. The van der Waals surface area contributed by atoms with Gasteiger partial charge in [0.2, 0.25) is 0 Å². The van der Waals surface area contributed by atoms with Gasteiger partial charge in [-0.05, 0) is 7.05 Å². The van der Waals surface area contributed by atoms with Crippen molar-refractivity contribution in [2.24, 2.45) is 0 Å². The van der Waals surface area contributed by atoms with Crippen molar-refractivity contribution < 1.29 is 9.47 Å². The van der Waals surface area contributed by atoms with Crippen molar-refractivity contribution in [3.8, 4) is 0 Å². The van der Waals surface area contributed by atoms with Crippen LogP contribution in [0, 0.1) is 0 Å². The molecule has 1 aliphatic heterocycles. The van der Waals surface area contributed by atoms with Gasteiger partial charge in [0, 0.05) is 7.11 Å². The lowest BCUT2D eigenvalue weighted by molar-refractivity contribution is 0.0950. The molecule has 3 heteroatoms. The Bertz CT molecular complexity index is 58.7. The molecular weight excluding hydrogens is 94.0 g/mol. The molecule has 2 atom stereocenters. The average molecular weight is 103 g/mol. The van der Waals surface area contributed by atoms with Gasteiger partial charge in [-0.1, -0.05) is 0 Å². The molecule has 0 aromatic rings. The van der Waals surface area contributed by atoms with E-state index in [2.05, 4.69) is 5.32 Å². The van der Waals surface area contributed by atoms with Gasteiger partial charge in [-0.15, -0.1) is 0 Å². The van der Waals surface area contributed by atoms with E-state index in [0.717, 1.165) is 0 Å². The predicted molar refractivity (Wildman–Crippen MR) is 24.7 cm³/mol. The van der Waals surface area contributed by atoms with Gasteiger partial charge in [-0.25, -0.2) is 0 Å². The van der Waals surface area contributed by atoms with Crippen molar-refractivity contribution in [3.63, 3.8) is 0 Å². The zero-order valence-electron chi connectivity index (χ0n) is 4.47. The smallest absolute Gasteiger partial charge is 0.199 e. The first-order valence-corrected chi connectivity index (χ1v) is 2.24. The molecule has 2 unspecified atom stereocenters. The highest BCUT2D eigenvalue weighted by Gasteiger charge is 2.37. The fraction of sp³-hybridized carbons (Fsp3) is 1.00. The second-order valence-electron chi connectivity index (χ2n) is 1.45. The van der Waals surface area contributed by atoms with Gasteiger partial charge in [-0.3, -0.25) is 5.32 Å². The molecule has 42 valence electrons. The van der Waals surface area contributed by atoms with E-state index in [1.54, 1.807) is 7.11 Å². The first-order chi connectivity index (χ1) is 3.38. The minimum absolute atomic E-state index is 0.00463. The minimum Gasteiger partial charge on any atom is -0.352 e. The molecule has 3 nitrogen and oxygen atoms in total. The summed E-state index contributed by atoms with van der Waals surface area (Å²) in [5.41, 5.74) is 0. The largest absolute Gasteiger partial charge is 0.352 e. The van der Waals surface area contributed by atoms with Crippen molar-refractivity contribution in [1.82, 2.24) is 5.32 Å². The maximum Gasteiger partial charge on any atom is 0.199 e. The van der Waals surface area contributed by atoms with E-state index in [9.17, 15) is 0 Å². The van der Waals surface area contributed by atoms with Crippen LogP contribution in [0.3, 0.4) is 0 Å². The van der Waals surface area contributed by atoms with E-state index in [1.807, 2.05) is 7.05 Å². The molecule has 0 bridgehead atoms. The third kappa shape index (κ3) is 0.907. The zero-order chi connectivity index (χ0) is 5.28. The molecule has 1 aliphatic rings. The van der Waals surface area contributed by atoms with E-state index in [-0.39, 0.29) is 12.5 Å². The number of nitrogens with one attached hydrogen (secondary N) is 1. The van der Waals surface area contributed by atoms with E-state index < -0.39 is 0 Å². The van der Waals surface area contributed by atoms with Crippen molar-refractivity contribution in [3.05, 3.63) is 0 Å². The Morgan fingerprint density at radius 3 is 2.57 bits per heavy atom. The fourth-order valence-electron chi connectivity index (χ4n) is 0.482. The van der Waals surface area contributed by atoms with Crippen molar-refractivity contribution >= 4 is 0 Å². The summed E-state index contributed by atoms with van der Waals surface area (Å²) >= 11 is 0. The molecule has 7 heavy (non-hydrogen) atoms. The van der Waals surface area contributed by atoms with Crippen molar-refractivity contribution in [2.45, 2.75) is 12.5 Å². The van der Waals surface area contributed by atoms with Crippen LogP contribution in [0.2, 0.25) is 0 Å². The minimum atomic E-state index is 0.00463. The maximum absolute atomic E-state index is 4.88. The van der Waals surface area contributed by atoms with Crippen molar-refractivity contribution in [1.29, 1.82) is 0 Å². The number of methoxy groups -OCH3 is 1. The van der Waals surface area contributed by atoms with Crippen LogP contribution in [-0.4, -0.2) is 26.7 Å². The highest BCUT2D eigenvalue weighted by molar-refractivity contribution is 4.70. The van der Waals surface area contributed by atoms with E-state index in [0.29, 0.717) is 0 Å². The van der Waals surface area contributed by atoms with Gasteiger partial charge >= 0.3 is 0 Å². The normalized spacial score (nSPS) is 38.6. The second kappa shape index (κ2) is 1.78. The van der Waals surface area contributed by atoms with Crippen molar-refractivity contribution in [2.75, 3.05) is 14.2 Å². The number of epoxide rings is 1. The highest BCUT2D eigenvalue weighted by atomic mass is 16.8. The zero-order valence-corrected chi connectivity index (χ0v) is 4.47. The summed E-state index contributed by atoms with van der Waals surface area (Å²) in [5.74, 6) is 0. The summed E-state index contributed by atoms with van der Waals surface area (Å²) in [6.45, 7) is 0. The Hall–Kier alpha value is -0.120. The topological polar surface area (TPSA) is 33.8 Å². The number of hydrogen-bond donors (Lipinski definition) is 1. The quantitative estimate of drug-likeness (QED) is 0.480. The predicted octanol–water partition coefficient (Wildman–Crippen LogP) is -0.465. The van der Waals surface area contributed by atoms with Crippen LogP contribution in [0.1, 0.15) is 0 Å². The van der Waals surface area contributed by atoms with Gasteiger partial charge in [0.25, 0.3) is 0 Å². The molecule has 0 saturated carbocycles. The first kappa shape index (κ1) is 5.03. The molecule has 0 aliphatic carbocycles. The lowest BCUT2D eigenvalue weighted by Gasteiger charge is -1.84. The van der Waals surface area contributed by atoms with Gasteiger partial charge in [0.05, 0.1) is 0 Å². The van der Waals surface area contributed by atoms with Crippen LogP contribution in [-0.2, 0) is 9.47 Å². The van der Waals surface area contributed by atoms with Crippen LogP contribution in [0.4, 0.5) is 0 Å². The summed E-state index contributed by atoms with van der Waals surface area (Å²) in [5, 5.41) is 2.89. The lowest BCUT2D eigenvalue weighted by Crippen LogP contribution is -2.13. The van der Waals surface area contributed by atoms with Crippen LogP contribution < -0.4 is 5.32 Å². The van der Waals surface area contributed by atoms with Crippen LogP contribution in [0.25, 0.3) is 0 Å². The second-order valence-corrected chi connectivity index (χ2v) is 1.45. The molecule has 1 N–H and O–H groups in total. The number of rotatable bonds is 2. The Kier molecular flexibility index (Phi) is 1.27. The molecule has 0 amide bonds. The van der Waals surface area contributed by atoms with Gasteiger partial charge in [0.15, 0.2) is 12.5 Å². The third-order valence-corrected chi connectivity index (χ3v) is 0.968. The maximum atomic E-state index is 4.88. The summed E-state index contributed by atoms with van der Waals surface area (Å²) < 4.78 is 9.66. The molecule has 1 heterocycles. The van der Waals surface area contributed by atoms with Gasteiger partial charge in [0.1, 0.15) is 0 Å². The van der Waals surface area contributed by atoms with Crippen LogP contribution >= 0.6 is 0 Å². The standard InChI is InChI=1S/C4H9NO2/c1-5-3-4(6-2)7-3/h3-5H,1-2H3.